The Bertz CT molecular complexity index is 527. The van der Waals surface area contributed by atoms with Crippen LogP contribution in [0.25, 0.3) is 0 Å². The van der Waals surface area contributed by atoms with E-state index in [1.54, 1.807) is 18.2 Å². The largest absolute Gasteiger partial charge is 1.00 e. The molecule has 2 fully saturated rings. The molecule has 0 atom stereocenters. The Hall–Kier alpha value is -0.710. The van der Waals surface area contributed by atoms with Crippen LogP contribution in [0.15, 0.2) is 35.3 Å². The summed E-state index contributed by atoms with van der Waals surface area (Å²) in [7, 11) is 0. The van der Waals surface area contributed by atoms with E-state index >= 15 is 0 Å². The fourth-order valence-corrected chi connectivity index (χ4v) is 3.84. The summed E-state index contributed by atoms with van der Waals surface area (Å²) in [6.07, 6.45) is 16.8. The van der Waals surface area contributed by atoms with Crippen LogP contribution in [0.2, 0.25) is 0 Å². The maximum Gasteiger partial charge on any atom is 1.00 e. The zero-order chi connectivity index (χ0) is 16.1. The van der Waals surface area contributed by atoms with E-state index < -0.39 is 0 Å². The molecule has 3 aliphatic carbocycles. The van der Waals surface area contributed by atoms with Crippen molar-refractivity contribution in [2.45, 2.75) is 76.3 Å². The second-order valence-electron chi connectivity index (χ2n) is 6.97. The molecule has 0 heterocycles. The molecule has 0 aromatic rings. The van der Waals surface area contributed by atoms with Gasteiger partial charge >= 0.3 is 29.6 Å². The normalized spacial score (nSPS) is 24.1. The van der Waals surface area contributed by atoms with Gasteiger partial charge in [-0.1, -0.05) is 50.7 Å². The molecular formula is C19H27N2NaO2. The number of allylic oxidation sites excluding steroid dienone is 3. The SMILES string of the molecule is O=C(NC1CCCCC1)C1=CC=CC1=C([O-])NC1CCCCC1.[Na+]. The molecule has 0 radical (unpaired) electrons. The molecule has 0 saturated heterocycles. The Balaban J connectivity index is 0.00000208. The second kappa shape index (κ2) is 9.69. The smallest absolute Gasteiger partial charge is 0.860 e. The van der Waals surface area contributed by atoms with Gasteiger partial charge in [-0.15, -0.1) is 0 Å². The Labute approximate surface area is 167 Å². The number of carbonyl (C=O) groups is 1. The second-order valence-corrected chi connectivity index (χ2v) is 6.97. The van der Waals surface area contributed by atoms with Crippen molar-refractivity contribution in [3.63, 3.8) is 0 Å². The van der Waals surface area contributed by atoms with Crippen molar-refractivity contribution in [2.75, 3.05) is 0 Å². The van der Waals surface area contributed by atoms with Crippen LogP contribution in [0.4, 0.5) is 0 Å². The molecule has 126 valence electrons. The van der Waals surface area contributed by atoms with E-state index in [4.69, 9.17) is 0 Å². The van der Waals surface area contributed by atoms with Crippen molar-refractivity contribution in [3.05, 3.63) is 35.3 Å². The van der Waals surface area contributed by atoms with Crippen molar-refractivity contribution >= 4 is 5.91 Å². The van der Waals surface area contributed by atoms with Crippen LogP contribution in [0.1, 0.15) is 64.2 Å². The number of hydrogen-bond donors (Lipinski definition) is 2. The van der Waals surface area contributed by atoms with Gasteiger partial charge in [0.25, 0.3) is 5.91 Å². The van der Waals surface area contributed by atoms with Gasteiger partial charge in [-0.25, -0.2) is 0 Å². The number of amides is 1. The summed E-state index contributed by atoms with van der Waals surface area (Å²) >= 11 is 0. The quantitative estimate of drug-likeness (QED) is 0.533. The van der Waals surface area contributed by atoms with E-state index in [-0.39, 0.29) is 53.4 Å². The van der Waals surface area contributed by atoms with E-state index in [9.17, 15) is 9.90 Å². The molecule has 3 aliphatic rings. The van der Waals surface area contributed by atoms with Crippen LogP contribution in [0, 0.1) is 0 Å². The topological polar surface area (TPSA) is 64.2 Å². The Morgan fingerprint density at radius 2 is 1.46 bits per heavy atom. The summed E-state index contributed by atoms with van der Waals surface area (Å²) < 4.78 is 0. The minimum atomic E-state index is -0.101. The molecule has 0 aromatic carbocycles. The minimum absolute atomic E-state index is 0. The third-order valence-electron chi connectivity index (χ3n) is 5.19. The van der Waals surface area contributed by atoms with Gasteiger partial charge in [0.05, 0.1) is 0 Å². The molecule has 0 aromatic heterocycles. The van der Waals surface area contributed by atoms with E-state index in [0.29, 0.717) is 11.1 Å². The van der Waals surface area contributed by atoms with E-state index in [1.807, 2.05) is 0 Å². The molecule has 2 N–H and O–H groups in total. The maximum absolute atomic E-state index is 12.5. The number of rotatable bonds is 4. The van der Waals surface area contributed by atoms with Gasteiger partial charge < -0.3 is 15.7 Å². The van der Waals surface area contributed by atoms with Gasteiger partial charge in [-0.3, -0.25) is 4.79 Å². The first kappa shape index (κ1) is 19.6. The van der Waals surface area contributed by atoms with Crippen LogP contribution in [0.3, 0.4) is 0 Å². The predicted octanol–water partition coefficient (Wildman–Crippen LogP) is -0.570. The zero-order valence-corrected chi connectivity index (χ0v) is 16.8. The standard InChI is InChI=1S/C19H28N2O2.Na/c22-18(20-14-8-3-1-4-9-14)16-12-7-13-17(16)19(23)21-15-10-5-2-6-11-15;/h7,12-15,20,22H,1-6,8-11H2,(H,21,23);/q;+1/p-1. The van der Waals surface area contributed by atoms with Gasteiger partial charge in [0.15, 0.2) is 0 Å². The van der Waals surface area contributed by atoms with Crippen molar-refractivity contribution in [2.24, 2.45) is 0 Å². The average molecular weight is 338 g/mol. The van der Waals surface area contributed by atoms with Gasteiger partial charge in [-0.05, 0) is 43.2 Å². The summed E-state index contributed by atoms with van der Waals surface area (Å²) in [6.45, 7) is 0. The molecular weight excluding hydrogens is 311 g/mol. The molecule has 0 unspecified atom stereocenters. The number of hydrogen-bond acceptors (Lipinski definition) is 3. The van der Waals surface area contributed by atoms with Crippen molar-refractivity contribution in [1.29, 1.82) is 0 Å². The molecule has 2 saturated carbocycles. The van der Waals surface area contributed by atoms with Crippen molar-refractivity contribution < 1.29 is 39.5 Å². The third kappa shape index (κ3) is 5.14. The maximum atomic E-state index is 12.5. The van der Waals surface area contributed by atoms with E-state index in [0.717, 1.165) is 25.7 Å². The van der Waals surface area contributed by atoms with Crippen LogP contribution in [0.5, 0.6) is 0 Å². The summed E-state index contributed by atoms with van der Waals surface area (Å²) in [5.41, 5.74) is 1.03. The molecule has 0 bridgehead atoms. The molecule has 0 spiro atoms. The summed E-state index contributed by atoms with van der Waals surface area (Å²) in [5, 5.41) is 18.7. The average Bonchev–Trinajstić information content (AvgIpc) is 3.06. The summed E-state index contributed by atoms with van der Waals surface area (Å²) in [4.78, 5) is 12.5. The third-order valence-corrected chi connectivity index (χ3v) is 5.19. The van der Waals surface area contributed by atoms with Crippen molar-refractivity contribution in [1.82, 2.24) is 10.6 Å². The molecule has 3 rings (SSSR count). The Kier molecular flexibility index (Phi) is 7.92. The van der Waals surface area contributed by atoms with Gasteiger partial charge in [0, 0.05) is 17.7 Å². The molecule has 1 amide bonds. The molecule has 4 nitrogen and oxygen atoms in total. The number of carbonyl (C=O) groups excluding carboxylic acids is 1. The van der Waals surface area contributed by atoms with Gasteiger partial charge in [0.2, 0.25) is 0 Å². The van der Waals surface area contributed by atoms with E-state index in [2.05, 4.69) is 10.6 Å². The first-order chi connectivity index (χ1) is 11.2. The Morgan fingerprint density at radius 1 is 0.917 bits per heavy atom. The van der Waals surface area contributed by atoms with E-state index in [1.165, 1.54) is 38.5 Å². The minimum Gasteiger partial charge on any atom is -0.860 e. The predicted molar refractivity (Wildman–Crippen MR) is 89.3 cm³/mol. The fraction of sp³-hybridized carbons (Fsp3) is 0.632. The zero-order valence-electron chi connectivity index (χ0n) is 14.8. The Morgan fingerprint density at radius 3 is 2.04 bits per heavy atom. The van der Waals surface area contributed by atoms with Crippen molar-refractivity contribution in [3.8, 4) is 0 Å². The fourth-order valence-electron chi connectivity index (χ4n) is 3.84. The monoisotopic (exact) mass is 338 g/mol. The van der Waals surface area contributed by atoms with Crippen LogP contribution in [-0.4, -0.2) is 18.0 Å². The van der Waals surface area contributed by atoms with Crippen LogP contribution < -0.4 is 45.3 Å². The molecule has 5 heteroatoms. The summed E-state index contributed by atoms with van der Waals surface area (Å²) in [5.74, 6) is -0.202. The first-order valence-corrected chi connectivity index (χ1v) is 9.11. The van der Waals surface area contributed by atoms with Crippen LogP contribution >= 0.6 is 0 Å². The van der Waals surface area contributed by atoms with Gasteiger partial charge in [0.1, 0.15) is 0 Å². The summed E-state index contributed by atoms with van der Waals surface area (Å²) in [6, 6.07) is 0.529. The molecule has 0 aliphatic heterocycles. The van der Waals surface area contributed by atoms with Crippen LogP contribution in [-0.2, 0) is 4.79 Å². The van der Waals surface area contributed by atoms with Gasteiger partial charge in [-0.2, -0.15) is 0 Å². The number of nitrogens with one attached hydrogen (secondary N) is 2. The first-order valence-electron chi connectivity index (χ1n) is 9.11. The molecule has 24 heavy (non-hydrogen) atoms.